The van der Waals surface area contributed by atoms with E-state index in [0.29, 0.717) is 19.4 Å². The summed E-state index contributed by atoms with van der Waals surface area (Å²) in [5.41, 5.74) is 0. The molecule has 0 fully saturated rings. The SMILES string of the molecule is CCCCN(C(CCC)OC(C)=O)[N+](=O)[O-]. The Hall–Kier alpha value is -1.33. The Kier molecular flexibility index (Phi) is 7.24. The van der Waals surface area contributed by atoms with Crippen LogP contribution in [0.15, 0.2) is 0 Å². The summed E-state index contributed by atoms with van der Waals surface area (Å²) in [7, 11) is 0. The summed E-state index contributed by atoms with van der Waals surface area (Å²) in [5.74, 6) is -0.484. The number of carbonyl (C=O) groups excluding carboxylic acids is 1. The third-order valence-corrected chi connectivity index (χ3v) is 2.12. The van der Waals surface area contributed by atoms with Crippen LogP contribution in [0, 0.1) is 10.1 Å². The maximum Gasteiger partial charge on any atom is 0.304 e. The molecule has 0 aromatic carbocycles. The van der Waals surface area contributed by atoms with Crippen molar-refractivity contribution in [1.29, 1.82) is 0 Å². The molecular formula is C10H20N2O4. The van der Waals surface area contributed by atoms with Crippen LogP contribution in [0.4, 0.5) is 0 Å². The number of hydrogen-bond acceptors (Lipinski definition) is 4. The predicted molar refractivity (Wildman–Crippen MR) is 59.1 cm³/mol. The van der Waals surface area contributed by atoms with E-state index in [2.05, 4.69) is 0 Å². The molecule has 0 aliphatic carbocycles. The van der Waals surface area contributed by atoms with Gasteiger partial charge in [0.15, 0.2) is 5.03 Å². The van der Waals surface area contributed by atoms with E-state index in [-0.39, 0.29) is 0 Å². The van der Waals surface area contributed by atoms with Crippen LogP contribution in [-0.4, -0.2) is 28.8 Å². The zero-order valence-corrected chi connectivity index (χ0v) is 10.1. The molecule has 0 rings (SSSR count). The maximum absolute atomic E-state index is 10.9. The molecule has 0 saturated heterocycles. The molecule has 0 aromatic rings. The van der Waals surface area contributed by atoms with E-state index in [1.54, 1.807) is 0 Å². The maximum atomic E-state index is 10.9. The second-order valence-corrected chi connectivity index (χ2v) is 3.61. The van der Waals surface area contributed by atoms with E-state index >= 15 is 0 Å². The summed E-state index contributed by atoms with van der Waals surface area (Å²) in [4.78, 5) is 21.7. The van der Waals surface area contributed by atoms with Crippen LogP contribution in [-0.2, 0) is 9.53 Å². The summed E-state index contributed by atoms with van der Waals surface area (Å²) >= 11 is 0. The fourth-order valence-electron chi connectivity index (χ4n) is 1.36. The van der Waals surface area contributed by atoms with Crippen molar-refractivity contribution >= 4 is 5.97 Å². The largest absolute Gasteiger partial charge is 0.436 e. The number of ether oxygens (including phenoxy) is 1. The standard InChI is InChI=1S/C10H20N2O4/c1-4-6-8-11(12(14)15)10(7-5-2)16-9(3)13/h10H,4-8H2,1-3H3. The number of hydrogen-bond donors (Lipinski definition) is 0. The molecule has 94 valence electrons. The van der Waals surface area contributed by atoms with E-state index in [9.17, 15) is 14.9 Å². The number of nitrogens with zero attached hydrogens (tertiary/aromatic N) is 2. The molecular weight excluding hydrogens is 212 g/mol. The Labute approximate surface area is 95.7 Å². The van der Waals surface area contributed by atoms with Crippen molar-refractivity contribution in [1.82, 2.24) is 5.01 Å². The Morgan fingerprint density at radius 3 is 2.44 bits per heavy atom. The van der Waals surface area contributed by atoms with Gasteiger partial charge in [0.05, 0.1) is 6.54 Å². The van der Waals surface area contributed by atoms with Gasteiger partial charge in [-0.05, 0) is 6.42 Å². The van der Waals surface area contributed by atoms with Crippen molar-refractivity contribution in [3.8, 4) is 0 Å². The lowest BCUT2D eigenvalue weighted by Gasteiger charge is -2.23. The Morgan fingerprint density at radius 1 is 1.44 bits per heavy atom. The Balaban J connectivity index is 4.51. The van der Waals surface area contributed by atoms with Crippen molar-refractivity contribution in [3.63, 3.8) is 0 Å². The van der Waals surface area contributed by atoms with Gasteiger partial charge in [0, 0.05) is 13.3 Å². The molecule has 0 aliphatic heterocycles. The molecule has 0 amide bonds. The molecule has 0 heterocycles. The van der Waals surface area contributed by atoms with Gasteiger partial charge in [0.1, 0.15) is 0 Å². The topological polar surface area (TPSA) is 72.7 Å². The minimum atomic E-state index is -0.746. The van der Waals surface area contributed by atoms with Crippen LogP contribution in [0.2, 0.25) is 0 Å². The van der Waals surface area contributed by atoms with E-state index in [1.165, 1.54) is 6.92 Å². The molecule has 16 heavy (non-hydrogen) atoms. The first-order valence-electron chi connectivity index (χ1n) is 5.61. The molecule has 0 bridgehead atoms. The predicted octanol–water partition coefficient (Wildman–Crippen LogP) is 1.97. The first-order valence-corrected chi connectivity index (χ1v) is 5.61. The number of unbranched alkanes of at least 4 members (excludes halogenated alkanes) is 1. The molecule has 6 nitrogen and oxygen atoms in total. The lowest BCUT2D eigenvalue weighted by molar-refractivity contribution is -0.674. The average molecular weight is 232 g/mol. The highest BCUT2D eigenvalue weighted by atomic mass is 16.7. The van der Waals surface area contributed by atoms with Gasteiger partial charge in [-0.25, -0.2) is 10.1 Å². The van der Waals surface area contributed by atoms with Crippen LogP contribution in [0.25, 0.3) is 0 Å². The molecule has 1 unspecified atom stereocenters. The summed E-state index contributed by atoms with van der Waals surface area (Å²) in [6, 6.07) is 0. The number of nitro groups is 1. The smallest absolute Gasteiger partial charge is 0.304 e. The number of hydrazine groups is 1. The van der Waals surface area contributed by atoms with Gasteiger partial charge in [0.25, 0.3) is 0 Å². The summed E-state index contributed by atoms with van der Waals surface area (Å²) in [6.45, 7) is 5.43. The summed E-state index contributed by atoms with van der Waals surface area (Å²) < 4.78 is 4.96. The number of carbonyl (C=O) groups is 1. The molecule has 1 atom stereocenters. The van der Waals surface area contributed by atoms with Crippen molar-refractivity contribution in [2.24, 2.45) is 0 Å². The van der Waals surface area contributed by atoms with Crippen molar-refractivity contribution in [2.45, 2.75) is 52.7 Å². The summed E-state index contributed by atoms with van der Waals surface area (Å²) in [6.07, 6.45) is 2.04. The zero-order chi connectivity index (χ0) is 12.6. The monoisotopic (exact) mass is 232 g/mol. The normalized spacial score (nSPS) is 11.9. The van der Waals surface area contributed by atoms with Crippen LogP contribution >= 0.6 is 0 Å². The van der Waals surface area contributed by atoms with Crippen LogP contribution in [0.1, 0.15) is 46.5 Å². The van der Waals surface area contributed by atoms with Crippen molar-refractivity contribution < 1.29 is 14.6 Å². The first kappa shape index (κ1) is 14.7. The fraction of sp³-hybridized carbons (Fsp3) is 0.900. The van der Waals surface area contributed by atoms with Gasteiger partial charge >= 0.3 is 5.97 Å². The van der Waals surface area contributed by atoms with Gasteiger partial charge in [-0.1, -0.05) is 31.7 Å². The van der Waals surface area contributed by atoms with E-state index < -0.39 is 17.2 Å². The summed E-state index contributed by atoms with van der Waals surface area (Å²) in [5, 5.41) is 11.4. The molecule has 0 aromatic heterocycles. The van der Waals surface area contributed by atoms with Crippen LogP contribution in [0.3, 0.4) is 0 Å². The van der Waals surface area contributed by atoms with Crippen LogP contribution < -0.4 is 0 Å². The first-order chi connectivity index (χ1) is 7.52. The van der Waals surface area contributed by atoms with Crippen molar-refractivity contribution in [2.75, 3.05) is 6.54 Å². The highest BCUT2D eigenvalue weighted by Crippen LogP contribution is 2.10. The number of esters is 1. The van der Waals surface area contributed by atoms with Crippen LogP contribution in [0.5, 0.6) is 0 Å². The lowest BCUT2D eigenvalue weighted by Crippen LogP contribution is -2.43. The molecule has 0 N–H and O–H groups in total. The molecule has 0 saturated carbocycles. The molecule has 0 spiro atoms. The minimum Gasteiger partial charge on any atom is -0.436 e. The quantitative estimate of drug-likeness (QED) is 0.277. The lowest BCUT2D eigenvalue weighted by atomic mass is 10.2. The highest BCUT2D eigenvalue weighted by molar-refractivity contribution is 5.66. The van der Waals surface area contributed by atoms with Gasteiger partial charge < -0.3 is 4.74 Å². The van der Waals surface area contributed by atoms with E-state index in [4.69, 9.17) is 4.74 Å². The molecule has 0 radical (unpaired) electrons. The Bertz CT molecular complexity index is 233. The molecule has 6 heteroatoms. The van der Waals surface area contributed by atoms with E-state index in [1.807, 2.05) is 13.8 Å². The van der Waals surface area contributed by atoms with E-state index in [0.717, 1.165) is 17.9 Å². The third-order valence-electron chi connectivity index (χ3n) is 2.12. The van der Waals surface area contributed by atoms with Gasteiger partial charge in [-0.15, -0.1) is 0 Å². The van der Waals surface area contributed by atoms with Gasteiger partial charge in [-0.2, -0.15) is 0 Å². The Morgan fingerprint density at radius 2 is 2.06 bits per heavy atom. The third kappa shape index (κ3) is 5.53. The van der Waals surface area contributed by atoms with Gasteiger partial charge in [0.2, 0.25) is 6.23 Å². The minimum absolute atomic E-state index is 0.307. The zero-order valence-electron chi connectivity index (χ0n) is 10.1. The number of rotatable bonds is 8. The second kappa shape index (κ2) is 7.90. The molecule has 0 aliphatic rings. The fourth-order valence-corrected chi connectivity index (χ4v) is 1.36. The van der Waals surface area contributed by atoms with Gasteiger partial charge in [-0.3, -0.25) is 4.79 Å². The average Bonchev–Trinajstić information content (AvgIpc) is 2.17. The van der Waals surface area contributed by atoms with Crippen molar-refractivity contribution in [3.05, 3.63) is 10.1 Å². The second-order valence-electron chi connectivity index (χ2n) is 3.61. The highest BCUT2D eigenvalue weighted by Gasteiger charge is 2.27.